The van der Waals surface area contributed by atoms with Gasteiger partial charge >= 0.3 is 6.09 Å². The number of halogens is 1. The molecule has 1 saturated heterocycles. The first-order valence-electron chi connectivity index (χ1n) is 10.4. The summed E-state index contributed by atoms with van der Waals surface area (Å²) < 4.78 is 20.6. The molecule has 0 radical (unpaired) electrons. The van der Waals surface area contributed by atoms with Crippen molar-refractivity contribution in [3.63, 3.8) is 0 Å². The number of likely N-dealkylation sites (tertiary alicyclic amines) is 1. The molecule has 0 bridgehead atoms. The highest BCUT2D eigenvalue weighted by Crippen LogP contribution is 2.33. The van der Waals surface area contributed by atoms with Crippen molar-refractivity contribution in [3.8, 4) is 5.69 Å². The van der Waals surface area contributed by atoms with Crippen LogP contribution in [0.25, 0.3) is 16.6 Å². The molecule has 5 nitrogen and oxygen atoms in total. The van der Waals surface area contributed by atoms with Crippen molar-refractivity contribution in [1.29, 1.82) is 0 Å². The number of hydrogen-bond donors (Lipinski definition) is 0. The normalized spacial score (nSPS) is 15.6. The summed E-state index contributed by atoms with van der Waals surface area (Å²) in [6.07, 6.45) is 3.46. The molecule has 158 valence electrons. The lowest BCUT2D eigenvalue weighted by molar-refractivity contribution is 0.0205. The van der Waals surface area contributed by atoms with Gasteiger partial charge in [0.05, 0.1) is 17.4 Å². The molecule has 0 N–H and O–H groups in total. The van der Waals surface area contributed by atoms with Gasteiger partial charge in [-0.3, -0.25) is 0 Å². The number of fused-ring (bicyclic) bond motifs is 1. The average molecular weight is 410 g/mol. The molecule has 0 aliphatic carbocycles. The molecule has 1 aliphatic heterocycles. The summed E-state index contributed by atoms with van der Waals surface area (Å²) in [5.74, 6) is 0.147. The Morgan fingerprint density at radius 3 is 2.43 bits per heavy atom. The van der Waals surface area contributed by atoms with Crippen LogP contribution in [0.4, 0.5) is 9.18 Å². The number of ether oxygens (including phenoxy) is 1. The van der Waals surface area contributed by atoms with Crippen LogP contribution in [-0.4, -0.2) is 39.5 Å². The van der Waals surface area contributed by atoms with Crippen LogP contribution in [0.15, 0.2) is 42.6 Å². The predicted molar refractivity (Wildman–Crippen MR) is 116 cm³/mol. The van der Waals surface area contributed by atoms with Crippen LogP contribution in [0.1, 0.15) is 50.7 Å². The maximum Gasteiger partial charge on any atom is 0.410 e. The van der Waals surface area contributed by atoms with Crippen LogP contribution in [0.3, 0.4) is 0 Å². The van der Waals surface area contributed by atoms with Crippen molar-refractivity contribution in [3.05, 3.63) is 59.5 Å². The van der Waals surface area contributed by atoms with Gasteiger partial charge in [-0.25, -0.2) is 13.9 Å². The fraction of sp³-hybridized carbons (Fsp3) is 0.417. The Morgan fingerprint density at radius 1 is 1.13 bits per heavy atom. The highest BCUT2D eigenvalue weighted by atomic mass is 19.1. The summed E-state index contributed by atoms with van der Waals surface area (Å²) >= 11 is 0. The average Bonchev–Trinajstić information content (AvgIpc) is 3.09. The number of nitrogens with zero attached hydrogens (tertiary/aromatic N) is 3. The number of aryl methyl sites for hydroxylation is 1. The van der Waals surface area contributed by atoms with Crippen molar-refractivity contribution in [1.82, 2.24) is 14.7 Å². The minimum Gasteiger partial charge on any atom is -0.444 e. The molecule has 0 atom stereocenters. The molecule has 0 saturated carbocycles. The lowest BCUT2D eigenvalue weighted by Gasteiger charge is -2.34. The van der Waals surface area contributed by atoms with Crippen molar-refractivity contribution in [2.24, 2.45) is 0 Å². The zero-order valence-corrected chi connectivity index (χ0v) is 18.0. The van der Waals surface area contributed by atoms with Gasteiger partial charge in [0.25, 0.3) is 0 Å². The van der Waals surface area contributed by atoms with E-state index in [0.717, 1.165) is 29.4 Å². The van der Waals surface area contributed by atoms with Crippen LogP contribution in [0, 0.1) is 12.7 Å². The van der Waals surface area contributed by atoms with Crippen LogP contribution in [0.2, 0.25) is 0 Å². The fourth-order valence-electron chi connectivity index (χ4n) is 4.12. The Morgan fingerprint density at radius 2 is 1.80 bits per heavy atom. The fourth-order valence-corrected chi connectivity index (χ4v) is 4.12. The van der Waals surface area contributed by atoms with Crippen LogP contribution in [-0.2, 0) is 4.74 Å². The maximum atomic E-state index is 13.3. The zero-order chi connectivity index (χ0) is 21.5. The first-order valence-corrected chi connectivity index (χ1v) is 10.4. The second kappa shape index (κ2) is 7.74. The SMILES string of the molecule is Cc1cc2c(cnn2-c2ccc(F)cc2)cc1C1CCN(C(=O)OC(C)(C)C)CC1. The number of piperidine rings is 1. The molecule has 4 rings (SSSR count). The number of carbonyl (C=O) groups is 1. The molecule has 1 fully saturated rings. The summed E-state index contributed by atoms with van der Waals surface area (Å²) in [6, 6.07) is 10.7. The van der Waals surface area contributed by atoms with Gasteiger partial charge in [0, 0.05) is 18.5 Å². The maximum absolute atomic E-state index is 13.3. The number of carbonyl (C=O) groups excluding carboxylic acids is 1. The van der Waals surface area contributed by atoms with Gasteiger partial charge in [-0.05, 0) is 94.0 Å². The molecule has 2 heterocycles. The third-order valence-electron chi connectivity index (χ3n) is 5.61. The number of aromatic nitrogens is 2. The Kier molecular flexibility index (Phi) is 5.26. The minimum absolute atomic E-state index is 0.228. The summed E-state index contributed by atoms with van der Waals surface area (Å²) in [4.78, 5) is 14.1. The molecule has 0 unspecified atom stereocenters. The molecule has 6 heteroatoms. The van der Waals surface area contributed by atoms with Gasteiger partial charge in [0.1, 0.15) is 11.4 Å². The van der Waals surface area contributed by atoms with Crippen molar-refractivity contribution in [2.45, 2.75) is 52.1 Å². The van der Waals surface area contributed by atoms with Gasteiger partial charge in [-0.2, -0.15) is 5.10 Å². The largest absolute Gasteiger partial charge is 0.444 e. The van der Waals surface area contributed by atoms with E-state index < -0.39 is 5.60 Å². The van der Waals surface area contributed by atoms with Gasteiger partial charge in [0.2, 0.25) is 0 Å². The lowest BCUT2D eigenvalue weighted by Crippen LogP contribution is -2.41. The van der Waals surface area contributed by atoms with Gasteiger partial charge < -0.3 is 9.64 Å². The first-order chi connectivity index (χ1) is 14.2. The van der Waals surface area contributed by atoms with E-state index in [-0.39, 0.29) is 11.9 Å². The molecular weight excluding hydrogens is 381 g/mol. The molecular formula is C24H28FN3O2. The third-order valence-corrected chi connectivity index (χ3v) is 5.61. The first kappa shape index (κ1) is 20.4. The van der Waals surface area contributed by atoms with Crippen molar-refractivity contribution >= 4 is 17.0 Å². The van der Waals surface area contributed by atoms with Crippen molar-refractivity contribution < 1.29 is 13.9 Å². The molecule has 3 aromatic rings. The molecule has 0 spiro atoms. The smallest absolute Gasteiger partial charge is 0.410 e. The second-order valence-electron chi connectivity index (χ2n) is 9.04. The van der Waals surface area contributed by atoms with E-state index in [9.17, 15) is 9.18 Å². The number of benzene rings is 2. The molecule has 30 heavy (non-hydrogen) atoms. The second-order valence-corrected chi connectivity index (χ2v) is 9.04. The van der Waals surface area contributed by atoms with E-state index >= 15 is 0 Å². The number of amides is 1. The monoisotopic (exact) mass is 409 g/mol. The third kappa shape index (κ3) is 4.18. The van der Waals surface area contributed by atoms with E-state index in [1.165, 1.54) is 23.3 Å². The molecule has 1 aromatic heterocycles. The molecule has 1 amide bonds. The Hall–Kier alpha value is -2.89. The topological polar surface area (TPSA) is 47.4 Å². The predicted octanol–water partition coefficient (Wildman–Crippen LogP) is 5.59. The van der Waals surface area contributed by atoms with Gasteiger partial charge in [-0.1, -0.05) is 0 Å². The van der Waals surface area contributed by atoms with Crippen LogP contribution >= 0.6 is 0 Å². The molecule has 2 aromatic carbocycles. The van der Waals surface area contributed by atoms with E-state index in [2.05, 4.69) is 24.2 Å². The van der Waals surface area contributed by atoms with E-state index in [1.807, 2.05) is 36.5 Å². The van der Waals surface area contributed by atoms with E-state index in [1.54, 1.807) is 12.1 Å². The van der Waals surface area contributed by atoms with Gasteiger partial charge in [0.15, 0.2) is 0 Å². The van der Waals surface area contributed by atoms with Crippen LogP contribution < -0.4 is 0 Å². The Labute approximate surface area is 176 Å². The van der Waals surface area contributed by atoms with Crippen molar-refractivity contribution in [2.75, 3.05) is 13.1 Å². The standard InChI is InChI=1S/C24H28FN3O2/c1-16-13-22-18(15-26-28(22)20-7-5-19(25)6-8-20)14-21(16)17-9-11-27(12-10-17)23(29)30-24(2,3)4/h5-8,13-15,17H,9-12H2,1-4H3. The minimum atomic E-state index is -0.472. The Bertz CT molecular complexity index is 1060. The van der Waals surface area contributed by atoms with E-state index in [4.69, 9.17) is 4.74 Å². The number of rotatable bonds is 2. The summed E-state index contributed by atoms with van der Waals surface area (Å²) in [5.41, 5.74) is 3.89. The van der Waals surface area contributed by atoms with E-state index in [0.29, 0.717) is 19.0 Å². The highest BCUT2D eigenvalue weighted by Gasteiger charge is 2.28. The Balaban J connectivity index is 1.53. The highest BCUT2D eigenvalue weighted by molar-refractivity contribution is 5.82. The molecule has 1 aliphatic rings. The summed E-state index contributed by atoms with van der Waals surface area (Å²) in [7, 11) is 0. The quantitative estimate of drug-likeness (QED) is 0.554. The number of hydrogen-bond acceptors (Lipinski definition) is 3. The zero-order valence-electron chi connectivity index (χ0n) is 18.0. The summed E-state index contributed by atoms with van der Waals surface area (Å²) in [6.45, 7) is 9.20. The van der Waals surface area contributed by atoms with Crippen LogP contribution in [0.5, 0.6) is 0 Å². The summed E-state index contributed by atoms with van der Waals surface area (Å²) in [5, 5.41) is 5.58. The van der Waals surface area contributed by atoms with Gasteiger partial charge in [-0.15, -0.1) is 0 Å². The lowest BCUT2D eigenvalue weighted by atomic mass is 9.86.